The number of nitrogens with one attached hydrogen (secondary N) is 1. The Hall–Kier alpha value is -4.14. The second kappa shape index (κ2) is 15.6. The number of carbonyl (C=O) groups excluding carboxylic acids is 2. The van der Waals surface area contributed by atoms with E-state index in [1.807, 2.05) is 68.4 Å². The fraction of sp³-hybridized carbons (Fsp3) is 0.316. The maximum absolute atomic E-state index is 14.7. The van der Waals surface area contributed by atoms with Gasteiger partial charge in [-0.3, -0.25) is 13.9 Å². The van der Waals surface area contributed by atoms with Crippen molar-refractivity contribution in [3.05, 3.63) is 130 Å². The molecule has 0 bridgehead atoms. The Balaban J connectivity index is 1.57. The minimum Gasteiger partial charge on any atom is -0.352 e. The first-order valence-electron chi connectivity index (χ1n) is 16.1. The third kappa shape index (κ3) is 8.82. The molecule has 0 aromatic heterocycles. The van der Waals surface area contributed by atoms with E-state index >= 15 is 0 Å². The molecule has 1 aliphatic carbocycles. The van der Waals surface area contributed by atoms with Crippen LogP contribution in [0.15, 0.2) is 108 Å². The highest BCUT2D eigenvalue weighted by Crippen LogP contribution is 2.28. The number of sulfonamides is 1. The molecule has 5 rings (SSSR count). The lowest BCUT2D eigenvalue weighted by atomic mass is 9.94. The predicted octanol–water partition coefficient (Wildman–Crippen LogP) is 7.24. The van der Waals surface area contributed by atoms with Crippen molar-refractivity contribution in [1.29, 1.82) is 0 Å². The van der Waals surface area contributed by atoms with Crippen LogP contribution in [0.4, 0.5) is 5.69 Å². The number of amides is 2. The lowest BCUT2D eigenvalue weighted by molar-refractivity contribution is -0.140. The van der Waals surface area contributed by atoms with Gasteiger partial charge in [-0.05, 0) is 73.7 Å². The van der Waals surface area contributed by atoms with Crippen molar-refractivity contribution in [2.75, 3.05) is 10.8 Å². The summed E-state index contributed by atoms with van der Waals surface area (Å²) in [4.78, 5) is 30.5. The maximum atomic E-state index is 14.7. The molecule has 0 unspecified atom stereocenters. The topological polar surface area (TPSA) is 86.8 Å². The molecule has 1 saturated carbocycles. The normalized spacial score (nSPS) is 14.3. The van der Waals surface area contributed by atoms with Crippen LogP contribution < -0.4 is 9.62 Å². The van der Waals surface area contributed by atoms with E-state index in [2.05, 4.69) is 5.32 Å². The standard InChI is InChI=1S/C38H42ClN3O4S/c1-28-20-22-35(23-21-28)47(45,46)42(34-19-11-16-32(39)25-34)27-37(43)41(26-31-15-10-9-12-29(31)2)36(24-30-13-5-3-6-14-30)38(44)40-33-17-7-4-8-18-33/h3,5-6,9-16,19-23,25,33,36H,4,7-8,17-18,24,26-27H2,1-2H3,(H,40,44)/t36-/m0/s1. The average molecular weight is 672 g/mol. The Labute approximate surface area is 283 Å². The Morgan fingerprint density at radius 1 is 0.851 bits per heavy atom. The zero-order chi connectivity index (χ0) is 33.4. The second-order valence-electron chi connectivity index (χ2n) is 12.3. The zero-order valence-electron chi connectivity index (χ0n) is 26.9. The van der Waals surface area contributed by atoms with Gasteiger partial charge in [-0.25, -0.2) is 8.42 Å². The van der Waals surface area contributed by atoms with Crippen molar-refractivity contribution in [1.82, 2.24) is 10.2 Å². The Kier molecular flexibility index (Phi) is 11.4. The van der Waals surface area contributed by atoms with Crippen LogP contribution in [0.2, 0.25) is 5.02 Å². The number of carbonyl (C=O) groups is 2. The first kappa shape index (κ1) is 34.2. The van der Waals surface area contributed by atoms with Crippen LogP contribution in [0.5, 0.6) is 0 Å². The average Bonchev–Trinajstić information content (AvgIpc) is 3.07. The van der Waals surface area contributed by atoms with Crippen LogP contribution >= 0.6 is 11.6 Å². The SMILES string of the molecule is Cc1ccc(S(=O)(=O)N(CC(=O)N(Cc2ccccc2C)[C@@H](Cc2ccccc2)C(=O)NC2CCCCC2)c2cccc(Cl)c2)cc1. The minimum atomic E-state index is -4.20. The van der Waals surface area contributed by atoms with Gasteiger partial charge in [0.1, 0.15) is 12.6 Å². The third-order valence-electron chi connectivity index (χ3n) is 8.81. The van der Waals surface area contributed by atoms with E-state index in [9.17, 15) is 18.0 Å². The summed E-state index contributed by atoms with van der Waals surface area (Å²) in [6, 6.07) is 29.5. The number of hydrogen-bond donors (Lipinski definition) is 1. The van der Waals surface area contributed by atoms with E-state index in [0.29, 0.717) is 5.02 Å². The van der Waals surface area contributed by atoms with Gasteiger partial charge in [0.15, 0.2) is 0 Å². The molecule has 1 aliphatic rings. The molecule has 4 aromatic rings. The van der Waals surface area contributed by atoms with Gasteiger partial charge in [0.05, 0.1) is 10.6 Å². The number of anilines is 1. The first-order valence-corrected chi connectivity index (χ1v) is 18.0. The van der Waals surface area contributed by atoms with Crippen LogP contribution in [0.3, 0.4) is 0 Å². The largest absolute Gasteiger partial charge is 0.352 e. The van der Waals surface area contributed by atoms with Gasteiger partial charge in [0.2, 0.25) is 11.8 Å². The van der Waals surface area contributed by atoms with E-state index in [-0.39, 0.29) is 35.5 Å². The lowest BCUT2D eigenvalue weighted by Crippen LogP contribution is -2.55. The number of hydrogen-bond acceptors (Lipinski definition) is 4. The maximum Gasteiger partial charge on any atom is 0.264 e. The van der Waals surface area contributed by atoms with E-state index in [1.165, 1.54) is 18.2 Å². The monoisotopic (exact) mass is 671 g/mol. The van der Waals surface area contributed by atoms with Gasteiger partial charge >= 0.3 is 0 Å². The summed E-state index contributed by atoms with van der Waals surface area (Å²) in [5.41, 5.74) is 3.91. The van der Waals surface area contributed by atoms with Gasteiger partial charge in [0, 0.05) is 24.0 Å². The molecule has 0 spiro atoms. The molecular formula is C38H42ClN3O4S. The summed E-state index contributed by atoms with van der Waals surface area (Å²) >= 11 is 6.33. The summed E-state index contributed by atoms with van der Waals surface area (Å²) in [5.74, 6) is -0.734. The molecule has 1 atom stereocenters. The Morgan fingerprint density at radius 2 is 1.53 bits per heavy atom. The zero-order valence-corrected chi connectivity index (χ0v) is 28.5. The Morgan fingerprint density at radius 3 is 2.21 bits per heavy atom. The smallest absolute Gasteiger partial charge is 0.264 e. The molecule has 0 radical (unpaired) electrons. The van der Waals surface area contributed by atoms with E-state index < -0.39 is 28.5 Å². The van der Waals surface area contributed by atoms with E-state index in [1.54, 1.807) is 35.2 Å². The van der Waals surface area contributed by atoms with E-state index in [0.717, 1.165) is 58.7 Å². The van der Waals surface area contributed by atoms with Gasteiger partial charge in [-0.15, -0.1) is 0 Å². The molecule has 9 heteroatoms. The molecule has 1 N–H and O–H groups in total. The highest BCUT2D eigenvalue weighted by Gasteiger charge is 2.35. The van der Waals surface area contributed by atoms with Crippen molar-refractivity contribution in [3.8, 4) is 0 Å². The number of aryl methyl sites for hydroxylation is 2. The molecule has 0 saturated heterocycles. The van der Waals surface area contributed by atoms with Crippen LogP contribution in [-0.2, 0) is 32.6 Å². The van der Waals surface area contributed by atoms with Crippen molar-refractivity contribution in [2.24, 2.45) is 0 Å². The van der Waals surface area contributed by atoms with Crippen LogP contribution in [0, 0.1) is 13.8 Å². The summed E-state index contributed by atoms with van der Waals surface area (Å²) < 4.78 is 29.5. The molecule has 0 heterocycles. The van der Waals surface area contributed by atoms with Crippen molar-refractivity contribution < 1.29 is 18.0 Å². The molecule has 47 heavy (non-hydrogen) atoms. The quantitative estimate of drug-likeness (QED) is 0.172. The molecule has 2 amide bonds. The van der Waals surface area contributed by atoms with Gasteiger partial charge < -0.3 is 10.2 Å². The number of rotatable bonds is 12. The predicted molar refractivity (Wildman–Crippen MR) is 188 cm³/mol. The molecule has 0 aliphatic heterocycles. The molecule has 7 nitrogen and oxygen atoms in total. The fourth-order valence-electron chi connectivity index (χ4n) is 6.07. The minimum absolute atomic E-state index is 0.0369. The lowest BCUT2D eigenvalue weighted by Gasteiger charge is -2.35. The van der Waals surface area contributed by atoms with Crippen molar-refractivity contribution in [3.63, 3.8) is 0 Å². The van der Waals surface area contributed by atoms with Gasteiger partial charge in [-0.2, -0.15) is 0 Å². The number of nitrogens with zero attached hydrogens (tertiary/aromatic N) is 2. The third-order valence-corrected chi connectivity index (χ3v) is 10.8. The highest BCUT2D eigenvalue weighted by atomic mass is 35.5. The molecule has 4 aromatic carbocycles. The summed E-state index contributed by atoms with van der Waals surface area (Å²) in [5, 5.41) is 3.58. The van der Waals surface area contributed by atoms with Crippen molar-refractivity contribution >= 4 is 39.1 Å². The van der Waals surface area contributed by atoms with Crippen LogP contribution in [0.1, 0.15) is 54.4 Å². The molecular weight excluding hydrogens is 630 g/mol. The summed E-state index contributed by atoms with van der Waals surface area (Å²) in [6.45, 7) is 3.45. The number of benzene rings is 4. The fourth-order valence-corrected chi connectivity index (χ4v) is 7.66. The first-order chi connectivity index (χ1) is 22.6. The van der Waals surface area contributed by atoms with Crippen LogP contribution in [0.25, 0.3) is 0 Å². The van der Waals surface area contributed by atoms with E-state index in [4.69, 9.17) is 11.6 Å². The summed E-state index contributed by atoms with van der Waals surface area (Å²) in [6.07, 6.45) is 5.31. The van der Waals surface area contributed by atoms with Crippen LogP contribution in [-0.4, -0.2) is 43.8 Å². The summed E-state index contributed by atoms with van der Waals surface area (Å²) in [7, 11) is -4.20. The van der Waals surface area contributed by atoms with Crippen molar-refractivity contribution in [2.45, 2.75) is 75.9 Å². The molecule has 1 fully saturated rings. The Bertz CT molecular complexity index is 1770. The van der Waals surface area contributed by atoms with Gasteiger partial charge in [0.25, 0.3) is 10.0 Å². The number of halogens is 1. The highest BCUT2D eigenvalue weighted by molar-refractivity contribution is 7.92. The second-order valence-corrected chi connectivity index (χ2v) is 14.6. The molecule has 246 valence electrons. The van der Waals surface area contributed by atoms with Gasteiger partial charge in [-0.1, -0.05) is 109 Å².